The number of hydrogen-bond donors (Lipinski definition) is 3. The molecule has 0 aromatic heterocycles. The minimum atomic E-state index is 0.560. The molecule has 1 aliphatic rings. The summed E-state index contributed by atoms with van der Waals surface area (Å²) >= 11 is 0. The first-order valence-electron chi connectivity index (χ1n) is 5.16. The van der Waals surface area contributed by atoms with Crippen LogP contribution in [-0.4, -0.2) is 12.4 Å². The fraction of sp³-hybridized carbons (Fsp3) is 0.231. The van der Waals surface area contributed by atoms with E-state index in [1.165, 1.54) is 0 Å². The average molecular weight is 215 g/mol. The van der Waals surface area contributed by atoms with Gasteiger partial charge in [0.25, 0.3) is 0 Å². The molecule has 1 aliphatic carbocycles. The Balaban J connectivity index is 2.68. The Bertz CT molecular complexity index is 418. The molecule has 0 radical (unpaired) electrons. The van der Waals surface area contributed by atoms with Crippen LogP contribution >= 0.6 is 0 Å². The van der Waals surface area contributed by atoms with E-state index in [-0.39, 0.29) is 0 Å². The first-order valence-corrected chi connectivity index (χ1v) is 5.16. The Morgan fingerprint density at radius 3 is 2.88 bits per heavy atom. The lowest BCUT2D eigenvalue weighted by Gasteiger charge is -2.17. The van der Waals surface area contributed by atoms with Crippen molar-refractivity contribution in [2.75, 3.05) is 6.67 Å². The Morgan fingerprint density at radius 1 is 1.50 bits per heavy atom. The van der Waals surface area contributed by atoms with Crippen molar-refractivity contribution in [2.24, 2.45) is 0 Å². The highest BCUT2D eigenvalue weighted by Crippen LogP contribution is 2.17. The molecule has 1 rings (SSSR count). The lowest BCUT2D eigenvalue weighted by Crippen LogP contribution is -2.26. The summed E-state index contributed by atoms with van der Waals surface area (Å²) in [7, 11) is 0. The average Bonchev–Trinajstić information content (AvgIpc) is 2.27. The molecule has 3 heteroatoms. The second kappa shape index (κ2) is 5.79. The fourth-order valence-electron chi connectivity index (χ4n) is 1.42. The molecule has 0 heterocycles. The lowest BCUT2D eigenvalue weighted by atomic mass is 9.98. The topological polar surface area (TPSA) is 47.9 Å². The molecular formula is C13H17N3. The Hall–Kier alpha value is -1.99. The van der Waals surface area contributed by atoms with Crippen LogP contribution in [0.5, 0.6) is 0 Å². The van der Waals surface area contributed by atoms with Gasteiger partial charge in [-0.15, -0.1) is 5.73 Å². The largest absolute Gasteiger partial charge is 0.368 e. The van der Waals surface area contributed by atoms with Gasteiger partial charge in [-0.2, -0.15) is 0 Å². The normalized spacial score (nSPS) is 17.4. The molecule has 0 spiro atoms. The summed E-state index contributed by atoms with van der Waals surface area (Å²) in [4.78, 5) is 0. The van der Waals surface area contributed by atoms with Gasteiger partial charge >= 0.3 is 0 Å². The van der Waals surface area contributed by atoms with Gasteiger partial charge in [-0.25, -0.2) is 0 Å². The van der Waals surface area contributed by atoms with E-state index in [1.54, 1.807) is 6.20 Å². The lowest BCUT2D eigenvalue weighted by molar-refractivity contribution is 0.740. The molecule has 0 saturated carbocycles. The Morgan fingerprint density at radius 2 is 2.25 bits per heavy atom. The summed E-state index contributed by atoms with van der Waals surface area (Å²) in [6.45, 7) is 8.00. The zero-order valence-corrected chi connectivity index (χ0v) is 9.72. The van der Waals surface area contributed by atoms with E-state index in [1.807, 2.05) is 32.1 Å². The second-order valence-corrected chi connectivity index (χ2v) is 3.45. The third-order valence-corrected chi connectivity index (χ3v) is 2.29. The smallest absolute Gasteiger partial charge is 0.0849 e. The first kappa shape index (κ1) is 12.1. The molecule has 0 aromatic rings. The monoisotopic (exact) mass is 215 g/mol. The fourth-order valence-corrected chi connectivity index (χ4v) is 1.42. The summed E-state index contributed by atoms with van der Waals surface area (Å²) in [6, 6.07) is 0. The molecule has 3 nitrogen and oxygen atoms in total. The first-order chi connectivity index (χ1) is 7.69. The molecule has 0 aliphatic heterocycles. The zero-order chi connectivity index (χ0) is 12.0. The van der Waals surface area contributed by atoms with Gasteiger partial charge in [0.2, 0.25) is 0 Å². The highest BCUT2D eigenvalue weighted by molar-refractivity contribution is 6.10. The Kier molecular flexibility index (Phi) is 4.37. The van der Waals surface area contributed by atoms with Crippen molar-refractivity contribution in [3.05, 3.63) is 53.6 Å². The SMILES string of the molecule is C=C=CNCNC1=C/C(=C/C)C(=N)C=C1C. The van der Waals surface area contributed by atoms with Crippen LogP contribution in [0.2, 0.25) is 0 Å². The van der Waals surface area contributed by atoms with Crippen molar-refractivity contribution in [3.63, 3.8) is 0 Å². The van der Waals surface area contributed by atoms with Crippen LogP contribution < -0.4 is 10.6 Å². The van der Waals surface area contributed by atoms with Crippen LogP contribution in [-0.2, 0) is 0 Å². The molecule has 0 bridgehead atoms. The quantitative estimate of drug-likeness (QED) is 0.382. The van der Waals surface area contributed by atoms with Crippen LogP contribution in [0.4, 0.5) is 0 Å². The second-order valence-electron chi connectivity index (χ2n) is 3.45. The number of hydrogen-bond acceptors (Lipinski definition) is 3. The van der Waals surface area contributed by atoms with E-state index in [2.05, 4.69) is 22.9 Å². The molecule has 0 unspecified atom stereocenters. The van der Waals surface area contributed by atoms with Crippen molar-refractivity contribution in [3.8, 4) is 0 Å². The van der Waals surface area contributed by atoms with Crippen LogP contribution in [0, 0.1) is 5.41 Å². The zero-order valence-electron chi connectivity index (χ0n) is 9.72. The molecular weight excluding hydrogens is 198 g/mol. The highest BCUT2D eigenvalue weighted by atomic mass is 15.1. The standard InChI is InChI=1S/C13H17N3/c1-4-6-15-9-16-13-8-11(5-2)12(14)7-10(13)3/h5-8,14-16H,1,9H2,2-3H3/b11-5-,14-12?. The van der Waals surface area contributed by atoms with Crippen LogP contribution in [0.25, 0.3) is 0 Å². The summed E-state index contributed by atoms with van der Waals surface area (Å²) in [5.74, 6) is 0. The van der Waals surface area contributed by atoms with E-state index in [0.29, 0.717) is 12.4 Å². The molecule has 0 saturated heterocycles. The van der Waals surface area contributed by atoms with Gasteiger partial charge < -0.3 is 16.0 Å². The van der Waals surface area contributed by atoms with Crippen molar-refractivity contribution in [1.82, 2.24) is 10.6 Å². The van der Waals surface area contributed by atoms with Gasteiger partial charge in [-0.3, -0.25) is 0 Å². The minimum Gasteiger partial charge on any atom is -0.368 e. The van der Waals surface area contributed by atoms with Crippen molar-refractivity contribution in [2.45, 2.75) is 13.8 Å². The summed E-state index contributed by atoms with van der Waals surface area (Å²) in [6.07, 6.45) is 7.44. The van der Waals surface area contributed by atoms with E-state index in [9.17, 15) is 0 Å². The molecule has 0 atom stereocenters. The maximum absolute atomic E-state index is 7.75. The molecule has 0 fully saturated rings. The van der Waals surface area contributed by atoms with E-state index >= 15 is 0 Å². The van der Waals surface area contributed by atoms with Gasteiger partial charge in [0, 0.05) is 11.9 Å². The third kappa shape index (κ3) is 3.01. The summed E-state index contributed by atoms with van der Waals surface area (Å²) < 4.78 is 0. The molecule has 3 N–H and O–H groups in total. The van der Waals surface area contributed by atoms with E-state index in [4.69, 9.17) is 5.41 Å². The molecule has 84 valence electrons. The van der Waals surface area contributed by atoms with Crippen LogP contribution in [0.15, 0.2) is 53.6 Å². The van der Waals surface area contributed by atoms with Gasteiger partial charge in [0.1, 0.15) is 0 Å². The van der Waals surface area contributed by atoms with Gasteiger partial charge in [-0.05, 0) is 37.1 Å². The molecule has 0 aromatic carbocycles. The number of rotatable bonds is 4. The maximum atomic E-state index is 7.75. The van der Waals surface area contributed by atoms with Crippen LogP contribution in [0.3, 0.4) is 0 Å². The molecule has 16 heavy (non-hydrogen) atoms. The summed E-state index contributed by atoms with van der Waals surface area (Å²) in [5, 5.41) is 14.0. The third-order valence-electron chi connectivity index (χ3n) is 2.29. The minimum absolute atomic E-state index is 0.560. The maximum Gasteiger partial charge on any atom is 0.0849 e. The van der Waals surface area contributed by atoms with Gasteiger partial charge in [0.05, 0.1) is 12.4 Å². The molecule has 0 amide bonds. The van der Waals surface area contributed by atoms with Crippen molar-refractivity contribution >= 4 is 5.71 Å². The predicted octanol–water partition coefficient (Wildman–Crippen LogP) is 2.23. The number of nitrogens with one attached hydrogen (secondary N) is 3. The predicted molar refractivity (Wildman–Crippen MR) is 68.2 cm³/mol. The van der Waals surface area contributed by atoms with Crippen molar-refractivity contribution in [1.29, 1.82) is 5.41 Å². The Labute approximate surface area is 96.4 Å². The highest BCUT2D eigenvalue weighted by Gasteiger charge is 2.10. The van der Waals surface area contributed by atoms with E-state index < -0.39 is 0 Å². The van der Waals surface area contributed by atoms with Crippen molar-refractivity contribution < 1.29 is 0 Å². The summed E-state index contributed by atoms with van der Waals surface area (Å²) in [5.41, 5.74) is 6.24. The number of allylic oxidation sites excluding steroid dienone is 5. The van der Waals surface area contributed by atoms with E-state index in [0.717, 1.165) is 16.8 Å². The van der Waals surface area contributed by atoms with Crippen LogP contribution in [0.1, 0.15) is 13.8 Å². The van der Waals surface area contributed by atoms with Gasteiger partial charge in [0.15, 0.2) is 0 Å². The van der Waals surface area contributed by atoms with Gasteiger partial charge in [-0.1, -0.05) is 12.7 Å².